The summed E-state index contributed by atoms with van der Waals surface area (Å²) in [7, 11) is -2.26. The van der Waals surface area contributed by atoms with Crippen molar-refractivity contribution in [3.63, 3.8) is 0 Å². The molecule has 0 heterocycles. The Bertz CT molecular complexity index is 1030. The molecule has 0 saturated heterocycles. The Hall–Kier alpha value is -2.97. The molecule has 0 radical (unpaired) electrons. The predicted octanol–water partition coefficient (Wildman–Crippen LogP) is 2.48. The van der Waals surface area contributed by atoms with E-state index in [4.69, 9.17) is 0 Å². The van der Waals surface area contributed by atoms with E-state index in [1.807, 2.05) is 32.0 Å². The van der Waals surface area contributed by atoms with E-state index in [-0.39, 0.29) is 29.5 Å². The van der Waals surface area contributed by atoms with Gasteiger partial charge in [0.25, 0.3) is 5.91 Å². The highest BCUT2D eigenvalue weighted by atomic mass is 32.2. The van der Waals surface area contributed by atoms with Crippen molar-refractivity contribution in [3.8, 4) is 0 Å². The van der Waals surface area contributed by atoms with Gasteiger partial charge in [-0.2, -0.15) is 0 Å². The van der Waals surface area contributed by atoms with Gasteiger partial charge >= 0.3 is 0 Å². The highest BCUT2D eigenvalue weighted by molar-refractivity contribution is 7.89. The van der Waals surface area contributed by atoms with Crippen LogP contribution in [0.4, 0.5) is 5.69 Å². The minimum atomic E-state index is -3.75. The summed E-state index contributed by atoms with van der Waals surface area (Å²) in [6, 6.07) is 11.4. The molecular weight excluding hydrogens is 390 g/mol. The Kier molecular flexibility index (Phi) is 7.30. The monoisotopic (exact) mass is 415 g/mol. The van der Waals surface area contributed by atoms with Crippen molar-refractivity contribution < 1.29 is 18.0 Å². The lowest BCUT2D eigenvalue weighted by Crippen LogP contribution is -2.35. The Morgan fingerprint density at radius 1 is 1.14 bits per heavy atom. The first-order chi connectivity index (χ1) is 13.6. The van der Waals surface area contributed by atoms with Crippen molar-refractivity contribution in [1.82, 2.24) is 9.62 Å². The summed E-state index contributed by atoms with van der Waals surface area (Å²) < 4.78 is 26.8. The highest BCUT2D eigenvalue weighted by Gasteiger charge is 2.19. The number of carbonyl (C=O) groups is 2. The second-order valence-corrected chi connectivity index (χ2v) is 8.46. The maximum Gasteiger partial charge on any atom is 0.254 e. The average Bonchev–Trinajstić information content (AvgIpc) is 2.68. The number of amides is 2. The number of carbonyl (C=O) groups excluding carboxylic acids is 2. The fourth-order valence-electron chi connectivity index (χ4n) is 2.62. The molecule has 2 aromatic rings. The van der Waals surface area contributed by atoms with Crippen molar-refractivity contribution in [2.24, 2.45) is 0 Å². The second kappa shape index (κ2) is 9.49. The third kappa shape index (κ3) is 6.00. The van der Waals surface area contributed by atoms with Crippen LogP contribution in [-0.2, 0) is 14.8 Å². The number of hydrogen-bond donors (Lipinski definition) is 2. The molecule has 0 aliphatic rings. The van der Waals surface area contributed by atoms with Gasteiger partial charge < -0.3 is 10.2 Å². The lowest BCUT2D eigenvalue weighted by atomic mass is 10.1. The molecule has 0 aliphatic carbocycles. The van der Waals surface area contributed by atoms with Crippen molar-refractivity contribution >= 4 is 27.5 Å². The Morgan fingerprint density at radius 2 is 1.86 bits per heavy atom. The van der Waals surface area contributed by atoms with Crippen LogP contribution in [0.5, 0.6) is 0 Å². The summed E-state index contributed by atoms with van der Waals surface area (Å²) >= 11 is 0. The number of hydrogen-bond acceptors (Lipinski definition) is 4. The zero-order chi connectivity index (χ0) is 21.6. The van der Waals surface area contributed by atoms with Gasteiger partial charge in [-0.15, -0.1) is 6.58 Å². The smallest absolute Gasteiger partial charge is 0.254 e. The van der Waals surface area contributed by atoms with E-state index in [2.05, 4.69) is 16.6 Å². The molecule has 0 atom stereocenters. The van der Waals surface area contributed by atoms with Gasteiger partial charge in [-0.25, -0.2) is 13.1 Å². The molecule has 2 amide bonds. The van der Waals surface area contributed by atoms with E-state index in [0.29, 0.717) is 5.69 Å². The number of benzene rings is 2. The summed E-state index contributed by atoms with van der Waals surface area (Å²) in [5.41, 5.74) is 2.80. The van der Waals surface area contributed by atoms with E-state index < -0.39 is 15.9 Å². The van der Waals surface area contributed by atoms with Gasteiger partial charge in [0.15, 0.2) is 0 Å². The molecule has 0 aliphatic heterocycles. The third-order valence-corrected chi connectivity index (χ3v) is 5.62. The molecule has 0 spiro atoms. The molecule has 2 aromatic carbocycles. The number of nitrogens with zero attached hydrogens (tertiary/aromatic N) is 1. The van der Waals surface area contributed by atoms with Crippen LogP contribution in [0.3, 0.4) is 0 Å². The van der Waals surface area contributed by atoms with Crippen LogP contribution in [0.25, 0.3) is 0 Å². The summed E-state index contributed by atoms with van der Waals surface area (Å²) in [6.45, 7) is 7.19. The standard InChI is InChI=1S/C21H25N3O4S/c1-5-11-22-29(27,28)18-8-6-7-17(13-18)21(26)24(4)14-20(25)23-19-12-15(2)9-10-16(19)3/h5-10,12-13,22H,1,11,14H2,2-4H3,(H,23,25). The maximum absolute atomic E-state index is 12.7. The Morgan fingerprint density at radius 3 is 2.55 bits per heavy atom. The number of nitrogens with one attached hydrogen (secondary N) is 2. The molecule has 2 N–H and O–H groups in total. The number of anilines is 1. The van der Waals surface area contributed by atoms with Gasteiger partial charge in [0, 0.05) is 24.8 Å². The molecule has 29 heavy (non-hydrogen) atoms. The first kappa shape index (κ1) is 22.3. The SMILES string of the molecule is C=CCNS(=O)(=O)c1cccc(C(=O)N(C)CC(=O)Nc2cc(C)ccc2C)c1. The molecule has 0 aromatic heterocycles. The minimum Gasteiger partial charge on any atom is -0.332 e. The highest BCUT2D eigenvalue weighted by Crippen LogP contribution is 2.17. The van der Waals surface area contributed by atoms with Gasteiger partial charge in [-0.1, -0.05) is 24.3 Å². The topological polar surface area (TPSA) is 95.6 Å². The molecule has 7 nitrogen and oxygen atoms in total. The van der Waals surface area contributed by atoms with E-state index in [1.54, 1.807) is 0 Å². The third-order valence-electron chi connectivity index (χ3n) is 4.20. The maximum atomic E-state index is 12.7. The van der Waals surface area contributed by atoms with Crippen molar-refractivity contribution in [3.05, 3.63) is 71.8 Å². The number of likely N-dealkylation sites (N-methyl/N-ethyl adjacent to an activating group) is 1. The number of sulfonamides is 1. The average molecular weight is 416 g/mol. The molecule has 0 unspecified atom stereocenters. The van der Waals surface area contributed by atoms with Gasteiger partial charge in [-0.05, 0) is 49.2 Å². The molecule has 154 valence electrons. The van der Waals surface area contributed by atoms with E-state index in [1.165, 1.54) is 42.3 Å². The fourth-order valence-corrected chi connectivity index (χ4v) is 3.66. The van der Waals surface area contributed by atoms with Gasteiger partial charge in [0.2, 0.25) is 15.9 Å². The summed E-state index contributed by atoms with van der Waals surface area (Å²) in [6.07, 6.45) is 1.43. The number of rotatable bonds is 8. The zero-order valence-corrected chi connectivity index (χ0v) is 17.5. The first-order valence-electron chi connectivity index (χ1n) is 8.97. The lowest BCUT2D eigenvalue weighted by Gasteiger charge is -2.18. The minimum absolute atomic E-state index is 0.0292. The van der Waals surface area contributed by atoms with Crippen LogP contribution in [0.1, 0.15) is 21.5 Å². The molecule has 0 fully saturated rings. The molecule has 0 bridgehead atoms. The summed E-state index contributed by atoms with van der Waals surface area (Å²) in [5.74, 6) is -0.798. The molecule has 8 heteroatoms. The van der Waals surface area contributed by atoms with Crippen LogP contribution < -0.4 is 10.0 Å². The molecule has 0 saturated carbocycles. The van der Waals surface area contributed by atoms with Crippen molar-refractivity contribution in [1.29, 1.82) is 0 Å². The zero-order valence-electron chi connectivity index (χ0n) is 16.7. The van der Waals surface area contributed by atoms with E-state index in [9.17, 15) is 18.0 Å². The fraction of sp³-hybridized carbons (Fsp3) is 0.238. The summed E-state index contributed by atoms with van der Waals surface area (Å²) in [5, 5.41) is 2.80. The van der Waals surface area contributed by atoms with Crippen LogP contribution >= 0.6 is 0 Å². The van der Waals surface area contributed by atoms with Crippen molar-refractivity contribution in [2.75, 3.05) is 25.5 Å². The van der Waals surface area contributed by atoms with Gasteiger partial charge in [0.1, 0.15) is 0 Å². The van der Waals surface area contributed by atoms with Crippen LogP contribution in [0, 0.1) is 13.8 Å². The Balaban J connectivity index is 2.10. The van der Waals surface area contributed by atoms with Gasteiger partial charge in [-0.3, -0.25) is 9.59 Å². The Labute approximate surface area is 171 Å². The normalized spacial score (nSPS) is 11.0. The molecule has 2 rings (SSSR count). The lowest BCUT2D eigenvalue weighted by molar-refractivity contribution is -0.116. The quantitative estimate of drug-likeness (QED) is 0.648. The van der Waals surface area contributed by atoms with Crippen molar-refractivity contribution in [2.45, 2.75) is 18.7 Å². The second-order valence-electron chi connectivity index (χ2n) is 6.70. The summed E-state index contributed by atoms with van der Waals surface area (Å²) in [4.78, 5) is 26.2. The van der Waals surface area contributed by atoms with E-state index in [0.717, 1.165) is 11.1 Å². The first-order valence-corrected chi connectivity index (χ1v) is 10.5. The van der Waals surface area contributed by atoms with Crippen LogP contribution in [-0.4, -0.2) is 45.3 Å². The largest absolute Gasteiger partial charge is 0.332 e. The molecular formula is C21H25N3O4S. The number of aryl methyl sites for hydroxylation is 2. The van der Waals surface area contributed by atoms with E-state index >= 15 is 0 Å². The van der Waals surface area contributed by atoms with Gasteiger partial charge in [0.05, 0.1) is 11.4 Å². The van der Waals surface area contributed by atoms with Crippen LogP contribution in [0.2, 0.25) is 0 Å². The van der Waals surface area contributed by atoms with Crippen LogP contribution in [0.15, 0.2) is 60.0 Å². The predicted molar refractivity (Wildman–Crippen MR) is 113 cm³/mol.